The molecule has 3 aromatic rings. The second kappa shape index (κ2) is 11.7. The summed E-state index contributed by atoms with van der Waals surface area (Å²) in [5.41, 5.74) is 2.97. The lowest BCUT2D eigenvalue weighted by Crippen LogP contribution is -2.49. The maximum absolute atomic E-state index is 11.9. The molecule has 6 nitrogen and oxygen atoms in total. The number of ether oxygens (including phenoxy) is 1. The molecule has 1 aliphatic heterocycles. The van der Waals surface area contributed by atoms with Crippen LogP contribution in [0.5, 0.6) is 5.75 Å². The van der Waals surface area contributed by atoms with Crippen LogP contribution in [0.25, 0.3) is 22.1 Å². The van der Waals surface area contributed by atoms with Crippen molar-refractivity contribution in [3.63, 3.8) is 0 Å². The van der Waals surface area contributed by atoms with Gasteiger partial charge in [0.05, 0.1) is 19.4 Å². The second-order valence-corrected chi connectivity index (χ2v) is 9.57. The molecule has 0 radical (unpaired) electrons. The molecule has 4 rings (SSSR count). The molecule has 0 atom stereocenters. The number of carbonyl (C=O) groups excluding carboxylic acids is 1. The molecule has 34 heavy (non-hydrogen) atoms. The number of amides is 1. The van der Waals surface area contributed by atoms with Crippen molar-refractivity contribution in [2.45, 2.75) is 19.3 Å². The standard InChI is InChI=1S/C27H34ClN3O3/c1-29(2)27(32)19-31-15-13-30(14-16-31)12-4-3-5-17-33-23-10-11-24-25(20-34-26(24)18-23)21-6-8-22(28)9-7-21/h6-11,18,20H,3-5,12-17,19H2,1-2H3. The van der Waals surface area contributed by atoms with Gasteiger partial charge in [-0.05, 0) is 55.6 Å². The number of halogens is 1. The monoisotopic (exact) mass is 483 g/mol. The molecule has 1 aliphatic rings. The van der Waals surface area contributed by atoms with Crippen molar-refractivity contribution in [2.24, 2.45) is 0 Å². The molecule has 0 aliphatic carbocycles. The lowest BCUT2D eigenvalue weighted by atomic mass is 10.0. The SMILES string of the molecule is CN(C)C(=O)CN1CCN(CCCCCOc2ccc3c(-c4ccc(Cl)cc4)coc3c2)CC1. The molecule has 0 N–H and O–H groups in total. The third-order valence-corrected chi connectivity index (χ3v) is 6.66. The van der Waals surface area contributed by atoms with Crippen molar-refractivity contribution >= 4 is 28.5 Å². The van der Waals surface area contributed by atoms with E-state index in [2.05, 4.69) is 15.9 Å². The van der Waals surface area contributed by atoms with E-state index >= 15 is 0 Å². The number of unbranched alkanes of at least 4 members (excludes halogenated alkanes) is 2. The van der Waals surface area contributed by atoms with Crippen LogP contribution in [0.3, 0.4) is 0 Å². The highest BCUT2D eigenvalue weighted by Gasteiger charge is 2.19. The number of hydrogen-bond donors (Lipinski definition) is 0. The molecule has 1 fully saturated rings. The number of benzene rings is 2. The number of hydrogen-bond acceptors (Lipinski definition) is 5. The van der Waals surface area contributed by atoms with Crippen LogP contribution in [-0.2, 0) is 4.79 Å². The Morgan fingerprint density at radius 3 is 2.47 bits per heavy atom. The number of carbonyl (C=O) groups is 1. The topological polar surface area (TPSA) is 49.2 Å². The number of rotatable bonds is 10. The van der Waals surface area contributed by atoms with Gasteiger partial charge in [-0.3, -0.25) is 9.69 Å². The van der Waals surface area contributed by atoms with Gasteiger partial charge in [-0.2, -0.15) is 0 Å². The van der Waals surface area contributed by atoms with E-state index in [9.17, 15) is 4.79 Å². The van der Waals surface area contributed by atoms with Crippen LogP contribution in [-0.4, -0.2) is 80.6 Å². The molecule has 182 valence electrons. The van der Waals surface area contributed by atoms with Crippen LogP contribution < -0.4 is 4.74 Å². The summed E-state index contributed by atoms with van der Waals surface area (Å²) in [5.74, 6) is 1.02. The van der Waals surface area contributed by atoms with Gasteiger partial charge < -0.3 is 19.0 Å². The van der Waals surface area contributed by atoms with Crippen molar-refractivity contribution in [1.29, 1.82) is 0 Å². The molecule has 1 saturated heterocycles. The Hall–Kier alpha value is -2.54. The maximum Gasteiger partial charge on any atom is 0.236 e. The van der Waals surface area contributed by atoms with E-state index in [1.54, 1.807) is 11.2 Å². The average Bonchev–Trinajstić information content (AvgIpc) is 3.26. The van der Waals surface area contributed by atoms with Crippen LogP contribution in [0.1, 0.15) is 19.3 Å². The first-order valence-corrected chi connectivity index (χ1v) is 12.4. The van der Waals surface area contributed by atoms with E-state index in [-0.39, 0.29) is 5.91 Å². The maximum atomic E-state index is 11.9. The average molecular weight is 484 g/mol. The van der Waals surface area contributed by atoms with E-state index in [0.29, 0.717) is 13.2 Å². The predicted molar refractivity (Wildman–Crippen MR) is 138 cm³/mol. The van der Waals surface area contributed by atoms with Crippen LogP contribution >= 0.6 is 11.6 Å². The van der Waals surface area contributed by atoms with E-state index in [1.165, 1.54) is 6.42 Å². The van der Waals surface area contributed by atoms with Gasteiger partial charge in [0, 0.05) is 62.3 Å². The second-order valence-electron chi connectivity index (χ2n) is 9.13. The van der Waals surface area contributed by atoms with Crippen molar-refractivity contribution in [2.75, 3.05) is 60.0 Å². The molecular formula is C27H34ClN3O3. The van der Waals surface area contributed by atoms with E-state index in [0.717, 1.165) is 78.4 Å². The van der Waals surface area contributed by atoms with Crippen molar-refractivity contribution < 1.29 is 13.9 Å². The summed E-state index contributed by atoms with van der Waals surface area (Å²) < 4.78 is 11.8. The summed E-state index contributed by atoms with van der Waals surface area (Å²) in [4.78, 5) is 18.3. The Balaban J connectivity index is 1.14. The fraction of sp³-hybridized carbons (Fsp3) is 0.444. The van der Waals surface area contributed by atoms with Crippen molar-refractivity contribution in [1.82, 2.24) is 14.7 Å². The predicted octanol–water partition coefficient (Wildman–Crippen LogP) is 5.01. The van der Waals surface area contributed by atoms with Gasteiger partial charge in [0.2, 0.25) is 5.91 Å². The molecule has 0 unspecified atom stereocenters. The highest BCUT2D eigenvalue weighted by Crippen LogP contribution is 2.33. The van der Waals surface area contributed by atoms with Crippen molar-refractivity contribution in [3.8, 4) is 16.9 Å². The van der Waals surface area contributed by atoms with Gasteiger partial charge in [0.1, 0.15) is 11.3 Å². The Labute approximate surface area is 207 Å². The lowest BCUT2D eigenvalue weighted by Gasteiger charge is -2.34. The quantitative estimate of drug-likeness (QED) is 0.379. The van der Waals surface area contributed by atoms with E-state index < -0.39 is 0 Å². The first-order chi connectivity index (χ1) is 16.5. The molecule has 0 bridgehead atoms. The zero-order valence-corrected chi connectivity index (χ0v) is 20.9. The van der Waals surface area contributed by atoms with E-state index in [4.69, 9.17) is 20.8 Å². The largest absolute Gasteiger partial charge is 0.493 e. The molecule has 1 aromatic heterocycles. The minimum atomic E-state index is 0.182. The normalized spacial score (nSPS) is 15.0. The Morgan fingerprint density at radius 1 is 1.00 bits per heavy atom. The molecular weight excluding hydrogens is 450 g/mol. The summed E-state index contributed by atoms with van der Waals surface area (Å²) >= 11 is 6.00. The van der Waals surface area contributed by atoms with Crippen LogP contribution in [0.2, 0.25) is 5.02 Å². The molecule has 0 spiro atoms. The Kier molecular flexibility index (Phi) is 8.48. The minimum absolute atomic E-state index is 0.182. The summed E-state index contributed by atoms with van der Waals surface area (Å²) in [6.07, 6.45) is 5.13. The minimum Gasteiger partial charge on any atom is -0.493 e. The number of likely N-dealkylation sites (N-methyl/N-ethyl adjacent to an activating group) is 1. The zero-order valence-electron chi connectivity index (χ0n) is 20.1. The number of piperazine rings is 1. The van der Waals surface area contributed by atoms with E-state index in [1.807, 2.05) is 50.5 Å². The number of nitrogens with zero attached hydrogens (tertiary/aromatic N) is 3. The van der Waals surface area contributed by atoms with Gasteiger partial charge in [-0.15, -0.1) is 0 Å². The summed E-state index contributed by atoms with van der Waals surface area (Å²) in [6.45, 7) is 6.37. The number of furan rings is 1. The Morgan fingerprint density at radius 2 is 1.74 bits per heavy atom. The van der Waals surface area contributed by atoms with Crippen LogP contribution in [0.4, 0.5) is 0 Å². The summed E-state index contributed by atoms with van der Waals surface area (Å²) in [7, 11) is 3.63. The molecule has 2 heterocycles. The number of fused-ring (bicyclic) bond motifs is 1. The van der Waals surface area contributed by atoms with Gasteiger partial charge in [-0.25, -0.2) is 0 Å². The third-order valence-electron chi connectivity index (χ3n) is 6.41. The van der Waals surface area contributed by atoms with Crippen molar-refractivity contribution in [3.05, 3.63) is 53.8 Å². The molecule has 0 saturated carbocycles. The zero-order chi connectivity index (χ0) is 23.9. The fourth-order valence-corrected chi connectivity index (χ4v) is 4.39. The van der Waals surface area contributed by atoms with Gasteiger partial charge in [0.15, 0.2) is 0 Å². The molecule has 1 amide bonds. The van der Waals surface area contributed by atoms with Crippen LogP contribution in [0.15, 0.2) is 53.1 Å². The van der Waals surface area contributed by atoms with Crippen LogP contribution in [0, 0.1) is 0 Å². The fourth-order valence-electron chi connectivity index (χ4n) is 4.26. The first-order valence-electron chi connectivity index (χ1n) is 12.0. The first kappa shape index (κ1) is 24.6. The van der Waals surface area contributed by atoms with Gasteiger partial charge in [0.25, 0.3) is 0 Å². The lowest BCUT2D eigenvalue weighted by molar-refractivity contribution is -0.130. The summed E-state index contributed by atoms with van der Waals surface area (Å²) in [6, 6.07) is 13.8. The molecule has 7 heteroatoms. The smallest absolute Gasteiger partial charge is 0.236 e. The van der Waals surface area contributed by atoms with Gasteiger partial charge in [-0.1, -0.05) is 23.7 Å². The third kappa shape index (κ3) is 6.53. The Bertz CT molecular complexity index is 1070. The highest BCUT2D eigenvalue weighted by atomic mass is 35.5. The molecule has 2 aromatic carbocycles. The summed E-state index contributed by atoms with van der Waals surface area (Å²) in [5, 5.41) is 1.80. The van der Waals surface area contributed by atoms with Gasteiger partial charge >= 0.3 is 0 Å². The highest BCUT2D eigenvalue weighted by molar-refractivity contribution is 6.30.